The largest absolute Gasteiger partial charge is 0.507 e. The van der Waals surface area contributed by atoms with Crippen LogP contribution in [0.25, 0.3) is 0 Å². The predicted molar refractivity (Wildman–Crippen MR) is 97.9 cm³/mol. The number of benzene rings is 1. The lowest BCUT2D eigenvalue weighted by Gasteiger charge is -2.30. The van der Waals surface area contributed by atoms with E-state index in [1.54, 1.807) is 20.8 Å². The molecule has 26 heavy (non-hydrogen) atoms. The van der Waals surface area contributed by atoms with Gasteiger partial charge in [-0.1, -0.05) is 6.58 Å². The second kappa shape index (κ2) is 8.48. The Morgan fingerprint density at radius 1 is 1.31 bits per heavy atom. The molecular weight excluding hydrogens is 338 g/mol. The smallest absolute Gasteiger partial charge is 0.339 e. The second-order valence-electron chi connectivity index (χ2n) is 6.80. The number of carbonyl (C=O) groups excluding carboxylic acids is 2. The van der Waals surface area contributed by atoms with Crippen LogP contribution in [0.3, 0.4) is 0 Å². The molecule has 1 atom stereocenters. The van der Waals surface area contributed by atoms with Crippen LogP contribution in [-0.4, -0.2) is 40.1 Å². The number of rotatable bonds is 8. The van der Waals surface area contributed by atoms with Crippen molar-refractivity contribution >= 4 is 23.5 Å². The molecule has 0 bridgehead atoms. The molecule has 0 radical (unpaired) electrons. The van der Waals surface area contributed by atoms with Gasteiger partial charge in [-0.05, 0) is 32.9 Å². The predicted octanol–water partition coefficient (Wildman–Crippen LogP) is 1.46. The molecule has 1 aromatic rings. The van der Waals surface area contributed by atoms with E-state index in [-0.39, 0.29) is 41.9 Å². The van der Waals surface area contributed by atoms with Gasteiger partial charge in [0.15, 0.2) is 0 Å². The normalized spacial score (nSPS) is 12.2. The van der Waals surface area contributed by atoms with Crippen molar-refractivity contribution in [2.24, 2.45) is 11.7 Å². The fourth-order valence-electron chi connectivity index (χ4n) is 2.19. The number of nitrogens with one attached hydrogen (secondary N) is 2. The average molecular weight is 363 g/mol. The SMILES string of the molecule is C=C(C)C(=O)NCC(CC(=O)Nc1ccc(C(=O)O)c(O)c1)C(C)(C)N. The maximum atomic E-state index is 12.3. The number of amides is 2. The van der Waals surface area contributed by atoms with E-state index in [4.69, 9.17) is 10.8 Å². The minimum atomic E-state index is -1.27. The maximum absolute atomic E-state index is 12.3. The number of nitrogens with two attached hydrogens (primary N) is 1. The first-order valence-electron chi connectivity index (χ1n) is 8.00. The fourth-order valence-corrected chi connectivity index (χ4v) is 2.19. The van der Waals surface area contributed by atoms with E-state index in [1.165, 1.54) is 12.1 Å². The summed E-state index contributed by atoms with van der Waals surface area (Å²) in [6.45, 7) is 8.84. The molecule has 6 N–H and O–H groups in total. The van der Waals surface area contributed by atoms with Crippen LogP contribution >= 0.6 is 0 Å². The Morgan fingerprint density at radius 3 is 2.38 bits per heavy atom. The van der Waals surface area contributed by atoms with Crippen molar-refractivity contribution in [3.05, 3.63) is 35.9 Å². The standard InChI is InChI=1S/C18H25N3O5/c1-10(2)16(24)20-9-11(18(3,4)19)7-15(23)21-12-5-6-13(17(25)26)14(22)8-12/h5-6,8,11,22H,1,7,9,19H2,2-4H3,(H,20,24)(H,21,23)(H,25,26). The van der Waals surface area contributed by atoms with E-state index >= 15 is 0 Å². The molecule has 1 rings (SSSR count). The van der Waals surface area contributed by atoms with Gasteiger partial charge in [-0.3, -0.25) is 9.59 Å². The molecule has 0 saturated heterocycles. The molecule has 8 heteroatoms. The van der Waals surface area contributed by atoms with E-state index in [0.717, 1.165) is 6.07 Å². The molecule has 0 fully saturated rings. The van der Waals surface area contributed by atoms with E-state index in [1.807, 2.05) is 0 Å². The van der Waals surface area contributed by atoms with Gasteiger partial charge in [0.1, 0.15) is 11.3 Å². The van der Waals surface area contributed by atoms with Crippen molar-refractivity contribution in [3.63, 3.8) is 0 Å². The van der Waals surface area contributed by atoms with Crippen LogP contribution in [0.1, 0.15) is 37.6 Å². The summed E-state index contributed by atoms with van der Waals surface area (Å²) in [5.74, 6) is -2.74. The van der Waals surface area contributed by atoms with E-state index in [9.17, 15) is 19.5 Å². The first-order chi connectivity index (χ1) is 11.9. The number of aromatic carboxylic acids is 1. The molecule has 142 valence electrons. The number of aromatic hydroxyl groups is 1. The number of phenols is 1. The van der Waals surface area contributed by atoms with Crippen LogP contribution in [0, 0.1) is 5.92 Å². The van der Waals surface area contributed by atoms with Crippen LogP contribution in [0.4, 0.5) is 5.69 Å². The minimum Gasteiger partial charge on any atom is -0.507 e. The van der Waals surface area contributed by atoms with Crippen LogP contribution < -0.4 is 16.4 Å². The number of hydrogen-bond donors (Lipinski definition) is 5. The molecule has 0 saturated carbocycles. The van der Waals surface area contributed by atoms with Gasteiger partial charge in [0.2, 0.25) is 11.8 Å². The highest BCUT2D eigenvalue weighted by Crippen LogP contribution is 2.23. The zero-order chi connectivity index (χ0) is 20.1. The van der Waals surface area contributed by atoms with Crippen molar-refractivity contribution in [1.82, 2.24) is 5.32 Å². The average Bonchev–Trinajstić information content (AvgIpc) is 2.49. The summed E-state index contributed by atoms with van der Waals surface area (Å²) >= 11 is 0. The first kappa shape index (κ1) is 21.2. The van der Waals surface area contributed by atoms with Crippen LogP contribution in [0.5, 0.6) is 5.75 Å². The van der Waals surface area contributed by atoms with E-state index in [0.29, 0.717) is 5.57 Å². The lowest BCUT2D eigenvalue weighted by Crippen LogP contribution is -2.48. The molecular formula is C18H25N3O5. The summed E-state index contributed by atoms with van der Waals surface area (Å²) in [6, 6.07) is 3.74. The molecule has 0 aliphatic carbocycles. The third-order valence-corrected chi connectivity index (χ3v) is 3.89. The highest BCUT2D eigenvalue weighted by Gasteiger charge is 2.28. The summed E-state index contributed by atoms with van der Waals surface area (Å²) in [7, 11) is 0. The zero-order valence-electron chi connectivity index (χ0n) is 15.1. The number of hydrogen-bond acceptors (Lipinski definition) is 5. The Bertz CT molecular complexity index is 722. The highest BCUT2D eigenvalue weighted by atomic mass is 16.4. The van der Waals surface area contributed by atoms with Gasteiger partial charge in [-0.2, -0.15) is 0 Å². The van der Waals surface area contributed by atoms with Crippen LogP contribution in [0.2, 0.25) is 0 Å². The van der Waals surface area contributed by atoms with Gasteiger partial charge < -0.3 is 26.6 Å². The van der Waals surface area contributed by atoms with Crippen molar-refractivity contribution in [3.8, 4) is 5.75 Å². The van der Waals surface area contributed by atoms with Gasteiger partial charge in [0, 0.05) is 41.7 Å². The van der Waals surface area contributed by atoms with Gasteiger partial charge in [-0.15, -0.1) is 0 Å². The number of carbonyl (C=O) groups is 3. The van der Waals surface area contributed by atoms with Crippen LogP contribution in [-0.2, 0) is 9.59 Å². The summed E-state index contributed by atoms with van der Waals surface area (Å²) < 4.78 is 0. The van der Waals surface area contributed by atoms with Gasteiger partial charge >= 0.3 is 5.97 Å². The summed E-state index contributed by atoms with van der Waals surface area (Å²) in [4.78, 5) is 34.8. The van der Waals surface area contributed by atoms with Gasteiger partial charge in [0.25, 0.3) is 0 Å². The van der Waals surface area contributed by atoms with E-state index < -0.39 is 17.3 Å². The maximum Gasteiger partial charge on any atom is 0.339 e. The van der Waals surface area contributed by atoms with Crippen molar-refractivity contribution in [1.29, 1.82) is 0 Å². The van der Waals surface area contributed by atoms with Crippen LogP contribution in [0.15, 0.2) is 30.4 Å². The Balaban J connectivity index is 2.78. The summed E-state index contributed by atoms with van der Waals surface area (Å²) in [6.07, 6.45) is 0.0292. The monoisotopic (exact) mass is 363 g/mol. The highest BCUT2D eigenvalue weighted by molar-refractivity contribution is 5.95. The fraction of sp³-hybridized carbons (Fsp3) is 0.389. The van der Waals surface area contributed by atoms with Gasteiger partial charge in [-0.25, -0.2) is 4.79 Å². The van der Waals surface area contributed by atoms with Crippen molar-refractivity contribution < 1.29 is 24.6 Å². The quantitative estimate of drug-likeness (QED) is 0.443. The Hall–Kier alpha value is -2.87. The molecule has 0 aliphatic rings. The Morgan fingerprint density at radius 2 is 1.92 bits per heavy atom. The molecule has 0 heterocycles. The van der Waals surface area contributed by atoms with Crippen molar-refractivity contribution in [2.75, 3.05) is 11.9 Å². The zero-order valence-corrected chi connectivity index (χ0v) is 15.1. The summed E-state index contributed by atoms with van der Waals surface area (Å²) in [5.41, 5.74) is 5.74. The van der Waals surface area contributed by atoms with Gasteiger partial charge in [0.05, 0.1) is 0 Å². The number of carboxylic acid groups (broad SMARTS) is 1. The molecule has 0 spiro atoms. The lowest BCUT2D eigenvalue weighted by atomic mass is 9.85. The topological polar surface area (TPSA) is 142 Å². The van der Waals surface area contributed by atoms with Crippen molar-refractivity contribution in [2.45, 2.75) is 32.7 Å². The molecule has 0 aliphatic heterocycles. The molecule has 2 amide bonds. The molecule has 8 nitrogen and oxygen atoms in total. The lowest BCUT2D eigenvalue weighted by molar-refractivity contribution is -0.119. The number of anilines is 1. The summed E-state index contributed by atoms with van der Waals surface area (Å²) in [5, 5.41) is 23.8. The minimum absolute atomic E-state index is 0.0292. The number of carboxylic acids is 1. The third kappa shape index (κ3) is 6.21. The molecule has 0 aromatic heterocycles. The molecule has 1 aromatic carbocycles. The van der Waals surface area contributed by atoms with E-state index in [2.05, 4.69) is 17.2 Å². The Kier molecular flexibility index (Phi) is 6.91. The Labute approximate surface area is 152 Å². The molecule has 1 unspecified atom stereocenters. The second-order valence-corrected chi connectivity index (χ2v) is 6.80. The third-order valence-electron chi connectivity index (χ3n) is 3.89. The first-order valence-corrected chi connectivity index (χ1v) is 8.00.